The molecule has 120 valence electrons. The molecule has 0 saturated carbocycles. The summed E-state index contributed by atoms with van der Waals surface area (Å²) in [7, 11) is -3.60. The number of piperidine rings is 1. The number of sulfonamides is 1. The number of hydrogen-bond acceptors (Lipinski definition) is 3. The molecule has 1 aromatic rings. The lowest BCUT2D eigenvalue weighted by atomic mass is 9.97. The third-order valence-corrected chi connectivity index (χ3v) is 5.28. The number of rotatable bonds is 3. The average molecular weight is 337 g/mol. The lowest BCUT2D eigenvalue weighted by Crippen LogP contribution is -2.48. The zero-order valence-electron chi connectivity index (χ0n) is 12.4. The molecule has 4 nitrogen and oxygen atoms in total. The van der Waals surface area contributed by atoms with E-state index >= 15 is 0 Å². The normalized spacial score (nSPS) is 22.7. The maximum Gasteiger partial charge on any atom is 0.240 e. The minimum Gasteiger partial charge on any atom is -0.316 e. The highest BCUT2D eigenvalue weighted by molar-refractivity contribution is 7.89. The maximum atomic E-state index is 13.6. The zero-order chi connectivity index (χ0) is 14.9. The summed E-state index contributed by atoms with van der Waals surface area (Å²) in [6.07, 6.45) is 0.763. The van der Waals surface area contributed by atoms with Gasteiger partial charge in [0.15, 0.2) is 0 Å². The fourth-order valence-electron chi connectivity index (χ4n) is 2.52. The van der Waals surface area contributed by atoms with E-state index in [0.29, 0.717) is 11.1 Å². The van der Waals surface area contributed by atoms with Crippen molar-refractivity contribution >= 4 is 22.4 Å². The van der Waals surface area contributed by atoms with Crippen LogP contribution in [0.25, 0.3) is 0 Å². The van der Waals surface area contributed by atoms with E-state index in [0.717, 1.165) is 19.5 Å². The topological polar surface area (TPSA) is 58.2 Å². The van der Waals surface area contributed by atoms with Gasteiger partial charge in [0, 0.05) is 6.04 Å². The van der Waals surface area contributed by atoms with Crippen molar-refractivity contribution in [3.63, 3.8) is 0 Å². The predicted molar refractivity (Wildman–Crippen MR) is 83.9 cm³/mol. The second-order valence-corrected chi connectivity index (χ2v) is 7.28. The van der Waals surface area contributed by atoms with Gasteiger partial charge in [0.25, 0.3) is 0 Å². The number of aryl methyl sites for hydroxylation is 2. The van der Waals surface area contributed by atoms with Gasteiger partial charge in [-0.3, -0.25) is 0 Å². The van der Waals surface area contributed by atoms with Gasteiger partial charge in [0.05, 0.1) is 4.90 Å². The van der Waals surface area contributed by atoms with Gasteiger partial charge < -0.3 is 5.32 Å². The van der Waals surface area contributed by atoms with Crippen molar-refractivity contribution in [1.29, 1.82) is 0 Å². The van der Waals surface area contributed by atoms with E-state index in [1.807, 2.05) is 6.92 Å². The van der Waals surface area contributed by atoms with Gasteiger partial charge in [-0.2, -0.15) is 0 Å². The van der Waals surface area contributed by atoms with Crippen molar-refractivity contribution in [3.05, 3.63) is 29.1 Å². The van der Waals surface area contributed by atoms with Crippen molar-refractivity contribution in [1.82, 2.24) is 10.0 Å². The molecule has 1 aliphatic rings. The molecule has 0 amide bonds. The second-order valence-electron chi connectivity index (χ2n) is 5.57. The van der Waals surface area contributed by atoms with Crippen molar-refractivity contribution in [2.75, 3.05) is 13.1 Å². The van der Waals surface area contributed by atoms with Gasteiger partial charge >= 0.3 is 0 Å². The van der Waals surface area contributed by atoms with Crippen LogP contribution in [0.3, 0.4) is 0 Å². The summed E-state index contributed by atoms with van der Waals surface area (Å²) in [5.74, 6) is -0.111. The Morgan fingerprint density at radius 1 is 1.29 bits per heavy atom. The molecule has 0 bridgehead atoms. The Labute approximate surface area is 132 Å². The quantitative estimate of drug-likeness (QED) is 0.889. The minimum absolute atomic E-state index is 0. The van der Waals surface area contributed by atoms with Crippen molar-refractivity contribution < 1.29 is 12.8 Å². The molecule has 21 heavy (non-hydrogen) atoms. The largest absolute Gasteiger partial charge is 0.316 e. The van der Waals surface area contributed by atoms with E-state index < -0.39 is 10.0 Å². The van der Waals surface area contributed by atoms with Gasteiger partial charge in [-0.25, -0.2) is 17.5 Å². The molecule has 7 heteroatoms. The summed E-state index contributed by atoms with van der Waals surface area (Å²) in [6, 6.07) is 2.69. The van der Waals surface area contributed by atoms with Gasteiger partial charge in [0.2, 0.25) is 10.0 Å². The molecule has 1 heterocycles. The number of hydrogen-bond donors (Lipinski definition) is 2. The lowest BCUT2D eigenvalue weighted by molar-refractivity contribution is 0.328. The smallest absolute Gasteiger partial charge is 0.240 e. The molecular weight excluding hydrogens is 315 g/mol. The highest BCUT2D eigenvalue weighted by atomic mass is 35.5. The van der Waals surface area contributed by atoms with Crippen molar-refractivity contribution in [3.8, 4) is 0 Å². The zero-order valence-corrected chi connectivity index (χ0v) is 14.1. The molecule has 1 aromatic carbocycles. The summed E-state index contributed by atoms with van der Waals surface area (Å²) >= 11 is 0. The molecule has 0 aromatic heterocycles. The average Bonchev–Trinajstić information content (AvgIpc) is 2.38. The van der Waals surface area contributed by atoms with Crippen LogP contribution in [0.1, 0.15) is 24.5 Å². The molecule has 0 spiro atoms. The molecular formula is C14H22ClFN2O2S. The van der Waals surface area contributed by atoms with Crippen LogP contribution in [0.15, 0.2) is 17.0 Å². The lowest BCUT2D eigenvalue weighted by Gasteiger charge is -2.30. The summed E-state index contributed by atoms with van der Waals surface area (Å²) in [4.78, 5) is 0.139. The van der Waals surface area contributed by atoms with E-state index in [4.69, 9.17) is 0 Å². The molecule has 1 saturated heterocycles. The first-order chi connectivity index (χ1) is 9.31. The highest BCUT2D eigenvalue weighted by Crippen LogP contribution is 2.20. The Morgan fingerprint density at radius 2 is 1.86 bits per heavy atom. The first-order valence-corrected chi connectivity index (χ1v) is 8.29. The molecule has 1 aliphatic heterocycles. The maximum absolute atomic E-state index is 13.6. The number of halogens is 2. The molecule has 0 aliphatic carbocycles. The first kappa shape index (κ1) is 18.4. The predicted octanol–water partition coefficient (Wildman–Crippen LogP) is 2.14. The fourth-order valence-corrected chi connectivity index (χ4v) is 4.07. The van der Waals surface area contributed by atoms with Crippen molar-refractivity contribution in [2.24, 2.45) is 5.92 Å². The SMILES string of the molecule is Cc1cc(S(=O)(=O)NC2CCNCC2C)cc(C)c1F.Cl. The summed E-state index contributed by atoms with van der Waals surface area (Å²) < 4.78 is 41.2. The summed E-state index contributed by atoms with van der Waals surface area (Å²) in [6.45, 7) is 6.77. The highest BCUT2D eigenvalue weighted by Gasteiger charge is 2.27. The fraction of sp³-hybridized carbons (Fsp3) is 0.571. The van der Waals surface area contributed by atoms with Gasteiger partial charge in [-0.15, -0.1) is 12.4 Å². The van der Waals surface area contributed by atoms with Crippen LogP contribution in [0, 0.1) is 25.6 Å². The summed E-state index contributed by atoms with van der Waals surface area (Å²) in [5.41, 5.74) is 0.701. The standard InChI is InChI=1S/C14H21FN2O2S.ClH/c1-9-6-12(7-10(2)14(9)15)20(18,19)17-13-4-5-16-8-11(13)3;/h6-7,11,13,16-17H,4-5,8H2,1-3H3;1H. The number of benzene rings is 1. The summed E-state index contributed by atoms with van der Waals surface area (Å²) in [5, 5.41) is 3.23. The monoisotopic (exact) mass is 336 g/mol. The Balaban J connectivity index is 0.00000220. The van der Waals surface area contributed by atoms with E-state index in [9.17, 15) is 12.8 Å². The van der Waals surface area contributed by atoms with Crippen molar-refractivity contribution in [2.45, 2.75) is 38.1 Å². The molecule has 1 fully saturated rings. The van der Waals surface area contributed by atoms with Crippen LogP contribution in [-0.4, -0.2) is 27.5 Å². The van der Waals surface area contributed by atoms with Crippen LogP contribution in [0.4, 0.5) is 4.39 Å². The van der Waals surface area contributed by atoms with E-state index in [2.05, 4.69) is 10.0 Å². The Bertz CT molecular complexity index is 584. The minimum atomic E-state index is -3.60. The third-order valence-electron chi connectivity index (χ3n) is 3.81. The Hall–Kier alpha value is -0.690. The molecule has 2 unspecified atom stereocenters. The Kier molecular flexibility index (Phi) is 6.16. The van der Waals surface area contributed by atoms with Gasteiger partial charge in [-0.1, -0.05) is 6.92 Å². The van der Waals surface area contributed by atoms with Gasteiger partial charge in [-0.05, 0) is 62.5 Å². The molecule has 2 N–H and O–H groups in total. The third kappa shape index (κ3) is 4.16. The Morgan fingerprint density at radius 3 is 2.38 bits per heavy atom. The van der Waals surface area contributed by atoms with Crippen LogP contribution >= 0.6 is 12.4 Å². The van der Waals surface area contributed by atoms with Gasteiger partial charge in [0.1, 0.15) is 5.82 Å². The first-order valence-electron chi connectivity index (χ1n) is 6.81. The second kappa shape index (κ2) is 7.05. The molecule has 2 atom stereocenters. The van der Waals surface area contributed by atoms with E-state index in [1.165, 1.54) is 12.1 Å². The molecule has 0 radical (unpaired) electrons. The number of nitrogens with one attached hydrogen (secondary N) is 2. The van der Waals surface area contributed by atoms with E-state index in [-0.39, 0.29) is 35.1 Å². The van der Waals surface area contributed by atoms with Crippen LogP contribution in [0.5, 0.6) is 0 Å². The van der Waals surface area contributed by atoms with Crippen LogP contribution in [0.2, 0.25) is 0 Å². The van der Waals surface area contributed by atoms with Crippen LogP contribution in [-0.2, 0) is 10.0 Å². The van der Waals surface area contributed by atoms with Crippen LogP contribution < -0.4 is 10.0 Å². The molecule has 2 rings (SSSR count). The van der Waals surface area contributed by atoms with E-state index in [1.54, 1.807) is 13.8 Å².